The molecule has 1 aromatic rings. The van der Waals surface area contributed by atoms with Gasteiger partial charge < -0.3 is 15.7 Å². The van der Waals surface area contributed by atoms with Crippen LogP contribution < -0.4 is 10.6 Å². The van der Waals surface area contributed by atoms with Crippen molar-refractivity contribution in [3.8, 4) is 0 Å². The number of aromatic carboxylic acids is 1. The SMILES string of the molecule is CC(C(=O)Nc1cc(Br)ccc1C(=O)O)=C1CNC1. The molecule has 5 nitrogen and oxygen atoms in total. The fourth-order valence-corrected chi connectivity index (χ4v) is 2.06. The minimum Gasteiger partial charge on any atom is -0.478 e. The molecule has 1 saturated heterocycles. The lowest BCUT2D eigenvalue weighted by Gasteiger charge is -2.21. The summed E-state index contributed by atoms with van der Waals surface area (Å²) < 4.78 is 0.711. The molecular formula is C13H13BrN2O3. The van der Waals surface area contributed by atoms with Crippen molar-refractivity contribution in [2.45, 2.75) is 6.92 Å². The van der Waals surface area contributed by atoms with Gasteiger partial charge in [0.15, 0.2) is 0 Å². The Hall–Kier alpha value is -1.66. The highest BCUT2D eigenvalue weighted by molar-refractivity contribution is 9.10. The number of carboxylic acids is 1. The molecule has 3 N–H and O–H groups in total. The smallest absolute Gasteiger partial charge is 0.337 e. The molecule has 0 spiro atoms. The molecule has 1 fully saturated rings. The van der Waals surface area contributed by atoms with Crippen LogP contribution in [-0.2, 0) is 4.79 Å². The molecule has 0 atom stereocenters. The van der Waals surface area contributed by atoms with Gasteiger partial charge in [-0.2, -0.15) is 0 Å². The highest BCUT2D eigenvalue weighted by atomic mass is 79.9. The molecule has 1 aliphatic rings. The maximum Gasteiger partial charge on any atom is 0.337 e. The van der Waals surface area contributed by atoms with E-state index in [9.17, 15) is 9.59 Å². The zero-order chi connectivity index (χ0) is 14.0. The normalized spacial score (nSPS) is 13.7. The molecule has 1 aromatic carbocycles. The Morgan fingerprint density at radius 1 is 1.37 bits per heavy atom. The second kappa shape index (κ2) is 5.54. The lowest BCUT2D eigenvalue weighted by Crippen LogP contribution is -2.36. The first-order chi connectivity index (χ1) is 8.99. The van der Waals surface area contributed by atoms with E-state index in [1.54, 1.807) is 19.1 Å². The van der Waals surface area contributed by atoms with Crippen molar-refractivity contribution in [2.24, 2.45) is 0 Å². The third-order valence-electron chi connectivity index (χ3n) is 3.01. The quantitative estimate of drug-likeness (QED) is 0.743. The van der Waals surface area contributed by atoms with E-state index >= 15 is 0 Å². The van der Waals surface area contributed by atoms with Gasteiger partial charge in [0.05, 0.1) is 11.3 Å². The standard InChI is InChI=1S/C13H13BrN2O3/c1-7(8-5-15-6-8)12(17)16-11-4-9(14)2-3-10(11)13(18)19/h2-4,15H,5-6H2,1H3,(H,16,17)(H,18,19). The molecule has 0 radical (unpaired) electrons. The van der Waals surface area contributed by atoms with Gasteiger partial charge in [-0.25, -0.2) is 4.79 Å². The van der Waals surface area contributed by atoms with Gasteiger partial charge in [-0.05, 0) is 30.7 Å². The van der Waals surface area contributed by atoms with Crippen LogP contribution in [0.25, 0.3) is 0 Å². The van der Waals surface area contributed by atoms with Crippen molar-refractivity contribution in [2.75, 3.05) is 18.4 Å². The highest BCUT2D eigenvalue weighted by Crippen LogP contribution is 2.22. The molecule has 0 bridgehead atoms. The summed E-state index contributed by atoms with van der Waals surface area (Å²) >= 11 is 3.26. The van der Waals surface area contributed by atoms with Crippen molar-refractivity contribution in [1.82, 2.24) is 5.32 Å². The zero-order valence-corrected chi connectivity index (χ0v) is 11.9. The summed E-state index contributed by atoms with van der Waals surface area (Å²) in [4.78, 5) is 23.1. The maximum absolute atomic E-state index is 12.0. The second-order valence-corrected chi connectivity index (χ2v) is 5.20. The molecule has 0 aliphatic carbocycles. The van der Waals surface area contributed by atoms with E-state index in [1.165, 1.54) is 6.07 Å². The molecule has 0 saturated carbocycles. The largest absolute Gasteiger partial charge is 0.478 e. The van der Waals surface area contributed by atoms with E-state index in [2.05, 4.69) is 26.6 Å². The van der Waals surface area contributed by atoms with Gasteiger partial charge in [-0.15, -0.1) is 0 Å². The average molecular weight is 325 g/mol. The molecule has 100 valence electrons. The van der Waals surface area contributed by atoms with Crippen molar-refractivity contribution in [1.29, 1.82) is 0 Å². The molecule has 19 heavy (non-hydrogen) atoms. The molecular weight excluding hydrogens is 312 g/mol. The summed E-state index contributed by atoms with van der Waals surface area (Å²) in [6.07, 6.45) is 0. The Morgan fingerprint density at radius 2 is 2.05 bits per heavy atom. The fraction of sp³-hybridized carbons (Fsp3) is 0.231. The van der Waals surface area contributed by atoms with Crippen LogP contribution in [0.1, 0.15) is 17.3 Å². The first-order valence-electron chi connectivity index (χ1n) is 5.72. The van der Waals surface area contributed by atoms with Crippen LogP contribution >= 0.6 is 15.9 Å². The lowest BCUT2D eigenvalue weighted by molar-refractivity contribution is -0.112. The molecule has 1 heterocycles. The van der Waals surface area contributed by atoms with Gasteiger partial charge in [-0.3, -0.25) is 4.79 Å². The Morgan fingerprint density at radius 3 is 2.58 bits per heavy atom. The van der Waals surface area contributed by atoms with Gasteiger partial charge in [0.1, 0.15) is 0 Å². The third-order valence-corrected chi connectivity index (χ3v) is 3.50. The Kier molecular flexibility index (Phi) is 4.01. The number of benzene rings is 1. The Bertz CT molecular complexity index is 575. The van der Waals surface area contributed by atoms with Gasteiger partial charge in [0.2, 0.25) is 0 Å². The minimum absolute atomic E-state index is 0.0704. The first-order valence-corrected chi connectivity index (χ1v) is 6.52. The molecule has 0 aromatic heterocycles. The average Bonchev–Trinajstić information content (AvgIpc) is 2.26. The number of hydrogen-bond donors (Lipinski definition) is 3. The number of hydrogen-bond acceptors (Lipinski definition) is 3. The molecule has 0 unspecified atom stereocenters. The Labute approximate surface area is 118 Å². The third kappa shape index (κ3) is 3.02. The number of anilines is 1. The summed E-state index contributed by atoms with van der Waals surface area (Å²) in [6.45, 7) is 3.16. The molecule has 6 heteroatoms. The molecule has 1 amide bonds. The van der Waals surface area contributed by atoms with E-state index in [1.807, 2.05) is 0 Å². The van der Waals surface area contributed by atoms with E-state index < -0.39 is 5.97 Å². The van der Waals surface area contributed by atoms with Gasteiger partial charge in [0, 0.05) is 23.1 Å². The second-order valence-electron chi connectivity index (χ2n) is 4.28. The number of nitrogens with one attached hydrogen (secondary N) is 2. The minimum atomic E-state index is -1.07. The number of carbonyl (C=O) groups excluding carboxylic acids is 1. The molecule has 1 aliphatic heterocycles. The fourth-order valence-electron chi connectivity index (χ4n) is 1.70. The number of amides is 1. The van der Waals surface area contributed by atoms with Crippen molar-refractivity contribution < 1.29 is 14.7 Å². The highest BCUT2D eigenvalue weighted by Gasteiger charge is 2.18. The number of carbonyl (C=O) groups is 2. The maximum atomic E-state index is 12.0. The summed E-state index contributed by atoms with van der Waals surface area (Å²) in [5.74, 6) is -1.34. The summed E-state index contributed by atoms with van der Waals surface area (Å²) in [5.41, 5.74) is 2.04. The number of carboxylic acid groups (broad SMARTS) is 1. The van der Waals surface area contributed by atoms with Gasteiger partial charge >= 0.3 is 5.97 Å². The van der Waals surface area contributed by atoms with Crippen LogP contribution in [0.4, 0.5) is 5.69 Å². The van der Waals surface area contributed by atoms with Crippen molar-refractivity contribution >= 4 is 33.5 Å². The van der Waals surface area contributed by atoms with Crippen LogP contribution in [-0.4, -0.2) is 30.1 Å². The predicted octanol–water partition coefficient (Wildman–Crippen LogP) is 2.01. The Balaban J connectivity index is 2.25. The number of rotatable bonds is 3. The van der Waals surface area contributed by atoms with Crippen LogP contribution in [0.2, 0.25) is 0 Å². The van der Waals surface area contributed by atoms with Crippen LogP contribution in [0.5, 0.6) is 0 Å². The van der Waals surface area contributed by atoms with E-state index in [4.69, 9.17) is 5.11 Å². The van der Waals surface area contributed by atoms with Crippen molar-refractivity contribution in [3.63, 3.8) is 0 Å². The van der Waals surface area contributed by atoms with Crippen molar-refractivity contribution in [3.05, 3.63) is 39.4 Å². The van der Waals surface area contributed by atoms with Gasteiger partial charge in [0.25, 0.3) is 5.91 Å². The van der Waals surface area contributed by atoms with Crippen LogP contribution in [0, 0.1) is 0 Å². The van der Waals surface area contributed by atoms with E-state index in [0.29, 0.717) is 28.8 Å². The van der Waals surface area contributed by atoms with E-state index in [-0.39, 0.29) is 11.5 Å². The lowest BCUT2D eigenvalue weighted by atomic mass is 10.0. The summed E-state index contributed by atoms with van der Waals surface area (Å²) in [5, 5.41) is 14.8. The predicted molar refractivity (Wildman–Crippen MR) is 75.3 cm³/mol. The van der Waals surface area contributed by atoms with Crippen LogP contribution in [0.3, 0.4) is 0 Å². The van der Waals surface area contributed by atoms with Gasteiger partial charge in [-0.1, -0.05) is 15.9 Å². The number of halogens is 1. The monoisotopic (exact) mass is 324 g/mol. The molecule has 2 rings (SSSR count). The van der Waals surface area contributed by atoms with Crippen LogP contribution in [0.15, 0.2) is 33.8 Å². The zero-order valence-electron chi connectivity index (χ0n) is 10.3. The summed E-state index contributed by atoms with van der Waals surface area (Å²) in [7, 11) is 0. The summed E-state index contributed by atoms with van der Waals surface area (Å²) in [6, 6.07) is 4.66. The topological polar surface area (TPSA) is 78.4 Å². The first kappa shape index (κ1) is 13.8. The van der Waals surface area contributed by atoms with E-state index in [0.717, 1.165) is 5.57 Å².